The molecule has 5 heteroatoms. The summed E-state index contributed by atoms with van der Waals surface area (Å²) in [6, 6.07) is 19.0. The van der Waals surface area contributed by atoms with Crippen LogP contribution in [-0.2, 0) is 16.1 Å². The summed E-state index contributed by atoms with van der Waals surface area (Å²) in [6.07, 6.45) is 3.94. The van der Waals surface area contributed by atoms with Crippen molar-refractivity contribution in [3.05, 3.63) is 83.5 Å². The average Bonchev–Trinajstić information content (AvgIpc) is 3.12. The Morgan fingerprint density at radius 1 is 1.06 bits per heavy atom. The molecular weight excluding hydrogens is 476 g/mol. The lowest BCUT2D eigenvalue weighted by Gasteiger charge is -2.38. The zero-order chi connectivity index (χ0) is 23.1. The monoisotopic (exact) mass is 500 g/mol. The van der Waals surface area contributed by atoms with Gasteiger partial charge in [-0.2, -0.15) is 0 Å². The van der Waals surface area contributed by atoms with Crippen molar-refractivity contribution in [2.75, 3.05) is 13.1 Å². The minimum atomic E-state index is -0.0592. The molecule has 0 unspecified atom stereocenters. The molecule has 5 rings (SSSR count). The summed E-state index contributed by atoms with van der Waals surface area (Å²) >= 11 is 3.66. The predicted octanol–water partition coefficient (Wildman–Crippen LogP) is 6.14. The number of carbonyl (C=O) groups is 2. The van der Waals surface area contributed by atoms with Gasteiger partial charge in [0.1, 0.15) is 0 Å². The molecule has 3 aromatic carbocycles. The number of amides is 1. The Kier molecular flexibility index (Phi) is 5.67. The zero-order valence-corrected chi connectivity index (χ0v) is 20.1. The van der Waals surface area contributed by atoms with E-state index in [1.807, 2.05) is 0 Å². The minimum Gasteiger partial charge on any atom is -0.339 e. The van der Waals surface area contributed by atoms with E-state index in [4.69, 9.17) is 0 Å². The van der Waals surface area contributed by atoms with Crippen LogP contribution in [0.15, 0.2) is 77.9 Å². The molecule has 1 aliphatic rings. The Labute approximate surface area is 201 Å². The first kappa shape index (κ1) is 21.7. The van der Waals surface area contributed by atoms with Crippen LogP contribution in [-0.4, -0.2) is 34.2 Å². The van der Waals surface area contributed by atoms with Gasteiger partial charge in [0, 0.05) is 47.0 Å². The molecule has 4 nitrogen and oxygen atoms in total. The highest BCUT2D eigenvalue weighted by Crippen LogP contribution is 2.38. The van der Waals surface area contributed by atoms with Crippen molar-refractivity contribution in [3.63, 3.8) is 0 Å². The third-order valence-corrected chi connectivity index (χ3v) is 6.97. The van der Waals surface area contributed by atoms with E-state index >= 15 is 0 Å². The third kappa shape index (κ3) is 4.02. The van der Waals surface area contributed by atoms with Gasteiger partial charge in [-0.1, -0.05) is 65.0 Å². The Bertz CT molecular complexity index is 1410. The van der Waals surface area contributed by atoms with Gasteiger partial charge in [0.25, 0.3) is 0 Å². The molecular formula is C28H25BrN2O2. The SMILES string of the molecule is C=CC(=O)N1CC(CC(=O)Cn2cc(-c3cccc4ccccc34)c3cc(Br)cc(C)c32)C1. The zero-order valence-electron chi connectivity index (χ0n) is 18.6. The number of halogens is 1. The van der Waals surface area contributed by atoms with Crippen molar-refractivity contribution in [2.45, 2.75) is 19.9 Å². The molecule has 1 saturated heterocycles. The summed E-state index contributed by atoms with van der Waals surface area (Å²) in [5, 5.41) is 3.53. The van der Waals surface area contributed by atoms with Crippen LogP contribution in [0, 0.1) is 12.8 Å². The van der Waals surface area contributed by atoms with Crippen LogP contribution in [0.4, 0.5) is 0 Å². The van der Waals surface area contributed by atoms with E-state index in [-0.39, 0.29) is 17.6 Å². The third-order valence-electron chi connectivity index (χ3n) is 6.51. The van der Waals surface area contributed by atoms with E-state index in [0.717, 1.165) is 26.5 Å². The fraction of sp³-hybridized carbons (Fsp3) is 0.214. The topological polar surface area (TPSA) is 42.3 Å². The molecule has 0 bridgehead atoms. The summed E-state index contributed by atoms with van der Waals surface area (Å²) in [6.45, 7) is 7.22. The number of aryl methyl sites for hydroxylation is 1. The van der Waals surface area contributed by atoms with Gasteiger partial charge in [-0.25, -0.2) is 0 Å². The largest absolute Gasteiger partial charge is 0.339 e. The van der Waals surface area contributed by atoms with Crippen molar-refractivity contribution < 1.29 is 9.59 Å². The van der Waals surface area contributed by atoms with Gasteiger partial charge in [0.2, 0.25) is 5.91 Å². The van der Waals surface area contributed by atoms with Gasteiger partial charge >= 0.3 is 0 Å². The molecule has 0 spiro atoms. The first-order valence-electron chi connectivity index (χ1n) is 11.1. The second kappa shape index (κ2) is 8.64. The number of rotatable bonds is 6. The lowest BCUT2D eigenvalue weighted by molar-refractivity contribution is -0.134. The Morgan fingerprint density at radius 2 is 1.82 bits per heavy atom. The van der Waals surface area contributed by atoms with Crippen LogP contribution in [0.5, 0.6) is 0 Å². The highest BCUT2D eigenvalue weighted by Gasteiger charge is 2.31. The van der Waals surface area contributed by atoms with Crippen molar-refractivity contribution >= 4 is 49.3 Å². The number of nitrogens with zero attached hydrogens (tertiary/aromatic N) is 2. The van der Waals surface area contributed by atoms with E-state index in [0.29, 0.717) is 26.1 Å². The minimum absolute atomic E-state index is 0.0592. The van der Waals surface area contributed by atoms with E-state index in [1.54, 1.807) is 4.90 Å². The second-order valence-corrected chi connectivity index (χ2v) is 9.79. The van der Waals surface area contributed by atoms with Crippen molar-refractivity contribution in [3.8, 4) is 11.1 Å². The molecule has 2 heterocycles. The highest BCUT2D eigenvalue weighted by atomic mass is 79.9. The standard InChI is InChI=1S/C28H25BrN2O2/c1-3-27(33)30-14-19(15-30)12-22(32)16-31-17-26(25-13-21(29)11-18(2)28(25)31)24-10-6-8-20-7-4-5-9-23(20)24/h3-11,13,17,19H,1,12,14-16H2,2H3. The maximum Gasteiger partial charge on any atom is 0.245 e. The summed E-state index contributed by atoms with van der Waals surface area (Å²) < 4.78 is 3.13. The lowest BCUT2D eigenvalue weighted by Crippen LogP contribution is -2.50. The quantitative estimate of drug-likeness (QED) is 0.298. The number of carbonyl (C=O) groups excluding carboxylic acids is 2. The van der Waals surface area contributed by atoms with Crippen LogP contribution in [0.3, 0.4) is 0 Å². The van der Waals surface area contributed by atoms with Gasteiger partial charge in [0.15, 0.2) is 5.78 Å². The van der Waals surface area contributed by atoms with Crippen LogP contribution < -0.4 is 0 Å². The van der Waals surface area contributed by atoms with Crippen molar-refractivity contribution in [1.82, 2.24) is 9.47 Å². The fourth-order valence-electron chi connectivity index (χ4n) is 5.00. The summed E-state index contributed by atoms with van der Waals surface area (Å²) in [5.74, 6) is 0.362. The van der Waals surface area contributed by atoms with E-state index in [1.165, 1.54) is 22.4 Å². The number of ketones is 1. The van der Waals surface area contributed by atoms with Gasteiger partial charge in [-0.3, -0.25) is 9.59 Å². The molecule has 0 N–H and O–H groups in total. The molecule has 1 aliphatic heterocycles. The van der Waals surface area contributed by atoms with E-state index in [9.17, 15) is 9.59 Å². The highest BCUT2D eigenvalue weighted by molar-refractivity contribution is 9.10. The Balaban J connectivity index is 1.49. The van der Waals surface area contributed by atoms with Crippen LogP contribution in [0.25, 0.3) is 32.8 Å². The fourth-order valence-corrected chi connectivity index (χ4v) is 5.57. The molecule has 166 valence electrons. The van der Waals surface area contributed by atoms with Crippen molar-refractivity contribution in [1.29, 1.82) is 0 Å². The maximum absolute atomic E-state index is 13.0. The molecule has 1 fully saturated rings. The Hall–Kier alpha value is -3.18. The predicted molar refractivity (Wildman–Crippen MR) is 137 cm³/mol. The molecule has 0 radical (unpaired) electrons. The van der Waals surface area contributed by atoms with Crippen LogP contribution in [0.2, 0.25) is 0 Å². The summed E-state index contributed by atoms with van der Waals surface area (Å²) in [4.78, 5) is 26.4. The number of hydrogen-bond donors (Lipinski definition) is 0. The first-order valence-corrected chi connectivity index (χ1v) is 11.9. The summed E-state index contributed by atoms with van der Waals surface area (Å²) in [7, 11) is 0. The number of aromatic nitrogens is 1. The Morgan fingerprint density at radius 3 is 2.61 bits per heavy atom. The molecule has 1 amide bonds. The molecule has 1 aromatic heterocycles. The molecule has 0 saturated carbocycles. The van der Waals surface area contributed by atoms with E-state index < -0.39 is 0 Å². The average molecular weight is 501 g/mol. The first-order chi connectivity index (χ1) is 15.9. The smallest absolute Gasteiger partial charge is 0.245 e. The maximum atomic E-state index is 13.0. The molecule has 33 heavy (non-hydrogen) atoms. The number of benzene rings is 3. The molecule has 0 aliphatic carbocycles. The van der Waals surface area contributed by atoms with Crippen LogP contribution in [0.1, 0.15) is 12.0 Å². The van der Waals surface area contributed by atoms with Gasteiger partial charge in [-0.05, 0) is 47.0 Å². The molecule has 4 aromatic rings. The summed E-state index contributed by atoms with van der Waals surface area (Å²) in [5.41, 5.74) is 4.52. The van der Waals surface area contributed by atoms with Gasteiger partial charge in [-0.15, -0.1) is 0 Å². The van der Waals surface area contributed by atoms with E-state index in [2.05, 4.69) is 94.8 Å². The van der Waals surface area contributed by atoms with Crippen LogP contribution >= 0.6 is 15.9 Å². The normalized spacial score (nSPS) is 13.9. The number of hydrogen-bond acceptors (Lipinski definition) is 2. The van der Waals surface area contributed by atoms with Gasteiger partial charge in [0.05, 0.1) is 12.1 Å². The van der Waals surface area contributed by atoms with Gasteiger partial charge < -0.3 is 9.47 Å². The number of fused-ring (bicyclic) bond motifs is 2. The lowest BCUT2D eigenvalue weighted by atomic mass is 9.94. The number of likely N-dealkylation sites (tertiary alicyclic amines) is 1. The molecule has 0 atom stereocenters. The number of Topliss-reactive ketones (excluding diaryl/α,β-unsaturated/α-hetero) is 1. The van der Waals surface area contributed by atoms with Crippen molar-refractivity contribution in [2.24, 2.45) is 5.92 Å². The second-order valence-electron chi connectivity index (χ2n) is 8.87.